The van der Waals surface area contributed by atoms with E-state index in [0.29, 0.717) is 19.5 Å². The second-order valence-electron chi connectivity index (χ2n) is 7.27. The zero-order valence-electron chi connectivity index (χ0n) is 16.3. The summed E-state index contributed by atoms with van der Waals surface area (Å²) in [7, 11) is 1.90. The van der Waals surface area contributed by atoms with Crippen molar-refractivity contribution in [2.45, 2.75) is 51.7 Å². The number of hydrogen-bond donors (Lipinski definition) is 0. The van der Waals surface area contributed by atoms with Crippen molar-refractivity contribution in [2.75, 3.05) is 20.1 Å². The van der Waals surface area contributed by atoms with Crippen molar-refractivity contribution in [3.05, 3.63) is 53.9 Å². The van der Waals surface area contributed by atoms with Gasteiger partial charge in [-0.2, -0.15) is 0 Å². The molecule has 0 spiro atoms. The Labute approximate surface area is 160 Å². The van der Waals surface area contributed by atoms with E-state index in [1.165, 1.54) is 6.07 Å². The lowest BCUT2D eigenvalue weighted by atomic mass is 10.0. The van der Waals surface area contributed by atoms with E-state index in [1.54, 1.807) is 12.3 Å². The molecular formula is C21H29FN4O. The zero-order chi connectivity index (χ0) is 19.2. The minimum absolute atomic E-state index is 0.156. The molecule has 2 heterocycles. The molecule has 5 nitrogen and oxygen atoms in total. The maximum Gasteiger partial charge on any atom is 0.224 e. The maximum absolute atomic E-state index is 13.9. The number of piperidine rings is 1. The van der Waals surface area contributed by atoms with Gasteiger partial charge >= 0.3 is 0 Å². The first-order valence-electron chi connectivity index (χ1n) is 9.80. The molecule has 27 heavy (non-hydrogen) atoms. The minimum Gasteiger partial charge on any atom is -0.341 e. The van der Waals surface area contributed by atoms with Crippen molar-refractivity contribution >= 4 is 5.91 Å². The van der Waals surface area contributed by atoms with Gasteiger partial charge in [0.05, 0.1) is 0 Å². The summed E-state index contributed by atoms with van der Waals surface area (Å²) in [4.78, 5) is 21.1. The first-order valence-corrected chi connectivity index (χ1v) is 9.80. The molecular weight excluding hydrogens is 343 g/mol. The van der Waals surface area contributed by atoms with E-state index in [1.807, 2.05) is 30.3 Å². The smallest absolute Gasteiger partial charge is 0.224 e. The van der Waals surface area contributed by atoms with Crippen LogP contribution in [0.2, 0.25) is 0 Å². The number of aryl methyl sites for hydroxylation is 2. The van der Waals surface area contributed by atoms with Crippen LogP contribution in [0.4, 0.5) is 4.39 Å². The number of halogens is 1. The second kappa shape index (κ2) is 9.13. The van der Waals surface area contributed by atoms with Gasteiger partial charge in [-0.25, -0.2) is 9.37 Å². The fourth-order valence-corrected chi connectivity index (χ4v) is 3.81. The number of carbonyl (C=O) groups excluding carboxylic acids is 1. The summed E-state index contributed by atoms with van der Waals surface area (Å²) >= 11 is 0. The van der Waals surface area contributed by atoms with Crippen molar-refractivity contribution in [3.63, 3.8) is 0 Å². The SMILES string of the molecule is CCc1nccn1CCC(=O)N(C)C1CCCN(Cc2ccccc2F)C1. The maximum atomic E-state index is 13.9. The van der Waals surface area contributed by atoms with E-state index in [2.05, 4.69) is 21.4 Å². The van der Waals surface area contributed by atoms with Crippen LogP contribution in [0.1, 0.15) is 37.6 Å². The molecule has 1 unspecified atom stereocenters. The molecule has 1 atom stereocenters. The fraction of sp³-hybridized carbons (Fsp3) is 0.524. The van der Waals surface area contributed by atoms with Crippen LogP contribution >= 0.6 is 0 Å². The third kappa shape index (κ3) is 4.95. The molecule has 2 aromatic rings. The Morgan fingerprint density at radius 2 is 2.19 bits per heavy atom. The van der Waals surface area contributed by atoms with Crippen LogP contribution < -0.4 is 0 Å². The monoisotopic (exact) mass is 372 g/mol. The highest BCUT2D eigenvalue weighted by atomic mass is 19.1. The molecule has 0 aliphatic carbocycles. The van der Waals surface area contributed by atoms with Gasteiger partial charge in [0.25, 0.3) is 0 Å². The highest BCUT2D eigenvalue weighted by Gasteiger charge is 2.26. The lowest BCUT2D eigenvalue weighted by molar-refractivity contribution is -0.133. The number of likely N-dealkylation sites (N-methyl/N-ethyl adjacent to an activating group) is 1. The number of hydrogen-bond acceptors (Lipinski definition) is 3. The molecule has 1 aromatic carbocycles. The number of nitrogens with zero attached hydrogens (tertiary/aromatic N) is 4. The van der Waals surface area contributed by atoms with Crippen molar-refractivity contribution in [1.29, 1.82) is 0 Å². The van der Waals surface area contributed by atoms with Crippen LogP contribution in [-0.4, -0.2) is 51.4 Å². The number of aromatic nitrogens is 2. The number of carbonyl (C=O) groups is 1. The van der Waals surface area contributed by atoms with Crippen molar-refractivity contribution in [2.24, 2.45) is 0 Å². The predicted molar refractivity (Wildman–Crippen MR) is 104 cm³/mol. The van der Waals surface area contributed by atoms with Gasteiger partial charge in [0.15, 0.2) is 0 Å². The number of amides is 1. The Morgan fingerprint density at radius 3 is 2.96 bits per heavy atom. The second-order valence-corrected chi connectivity index (χ2v) is 7.27. The summed E-state index contributed by atoms with van der Waals surface area (Å²) in [5.41, 5.74) is 0.722. The van der Waals surface area contributed by atoms with E-state index in [4.69, 9.17) is 0 Å². The van der Waals surface area contributed by atoms with Crippen molar-refractivity contribution in [1.82, 2.24) is 19.4 Å². The van der Waals surface area contributed by atoms with Gasteiger partial charge in [-0.15, -0.1) is 0 Å². The summed E-state index contributed by atoms with van der Waals surface area (Å²) < 4.78 is 16.0. The molecule has 1 amide bonds. The quantitative estimate of drug-likeness (QED) is 0.750. The van der Waals surface area contributed by atoms with Gasteiger partial charge in [0, 0.05) is 63.5 Å². The number of benzene rings is 1. The van der Waals surface area contributed by atoms with Crippen molar-refractivity contribution in [3.8, 4) is 0 Å². The van der Waals surface area contributed by atoms with Crippen LogP contribution in [0, 0.1) is 5.82 Å². The fourth-order valence-electron chi connectivity index (χ4n) is 3.81. The summed E-state index contributed by atoms with van der Waals surface area (Å²) in [6.07, 6.45) is 7.09. The standard InChI is InChI=1S/C21H29FN4O/c1-3-20-23-11-14-26(20)13-10-21(27)24(2)18-8-6-12-25(16-18)15-17-7-4-5-9-19(17)22/h4-5,7,9,11,14,18H,3,6,8,10,12-13,15-16H2,1-2H3. The van der Waals surface area contributed by atoms with Crippen LogP contribution in [0.25, 0.3) is 0 Å². The van der Waals surface area contributed by atoms with Crippen LogP contribution in [0.3, 0.4) is 0 Å². The summed E-state index contributed by atoms with van der Waals surface area (Å²) in [6, 6.07) is 7.12. The molecule has 1 saturated heterocycles. The topological polar surface area (TPSA) is 41.4 Å². The van der Waals surface area contributed by atoms with Crippen LogP contribution in [0.15, 0.2) is 36.7 Å². The van der Waals surface area contributed by atoms with Crippen LogP contribution in [0.5, 0.6) is 0 Å². The molecule has 1 aliphatic heterocycles. The molecule has 1 aliphatic rings. The zero-order valence-corrected chi connectivity index (χ0v) is 16.3. The third-order valence-corrected chi connectivity index (χ3v) is 5.46. The summed E-state index contributed by atoms with van der Waals surface area (Å²) in [6.45, 7) is 5.07. The lowest BCUT2D eigenvalue weighted by Crippen LogP contribution is -2.48. The molecule has 3 rings (SSSR count). The van der Waals surface area contributed by atoms with Gasteiger partial charge in [-0.1, -0.05) is 25.1 Å². The van der Waals surface area contributed by atoms with Gasteiger partial charge < -0.3 is 9.47 Å². The Balaban J connectivity index is 1.53. The molecule has 1 fully saturated rings. The van der Waals surface area contributed by atoms with Gasteiger partial charge in [-0.3, -0.25) is 9.69 Å². The third-order valence-electron chi connectivity index (χ3n) is 5.46. The molecule has 6 heteroatoms. The van der Waals surface area contributed by atoms with Gasteiger partial charge in [0.2, 0.25) is 5.91 Å². The molecule has 0 bridgehead atoms. The Bertz CT molecular complexity index is 760. The summed E-state index contributed by atoms with van der Waals surface area (Å²) in [5, 5.41) is 0. The highest BCUT2D eigenvalue weighted by molar-refractivity contribution is 5.76. The average Bonchev–Trinajstić information content (AvgIpc) is 3.15. The lowest BCUT2D eigenvalue weighted by Gasteiger charge is -2.37. The largest absolute Gasteiger partial charge is 0.341 e. The molecule has 1 aromatic heterocycles. The molecule has 0 N–H and O–H groups in total. The number of likely N-dealkylation sites (tertiary alicyclic amines) is 1. The minimum atomic E-state index is -0.156. The molecule has 0 radical (unpaired) electrons. The first-order chi connectivity index (χ1) is 13.1. The normalized spacial score (nSPS) is 17.8. The summed E-state index contributed by atoms with van der Waals surface area (Å²) in [5.74, 6) is 1.01. The Hall–Kier alpha value is -2.21. The first kappa shape index (κ1) is 19.5. The Morgan fingerprint density at radius 1 is 1.37 bits per heavy atom. The van der Waals surface area contributed by atoms with E-state index in [-0.39, 0.29) is 17.8 Å². The van der Waals surface area contributed by atoms with E-state index >= 15 is 0 Å². The average molecular weight is 372 g/mol. The van der Waals surface area contributed by atoms with E-state index in [0.717, 1.165) is 43.7 Å². The van der Waals surface area contributed by atoms with Gasteiger partial charge in [0.1, 0.15) is 11.6 Å². The Kier molecular flexibility index (Phi) is 6.61. The van der Waals surface area contributed by atoms with E-state index < -0.39 is 0 Å². The molecule has 146 valence electrons. The number of imidazole rings is 1. The van der Waals surface area contributed by atoms with Gasteiger partial charge in [-0.05, 0) is 25.5 Å². The molecule has 0 saturated carbocycles. The highest BCUT2D eigenvalue weighted by Crippen LogP contribution is 2.19. The van der Waals surface area contributed by atoms with Crippen molar-refractivity contribution < 1.29 is 9.18 Å². The van der Waals surface area contributed by atoms with Crippen LogP contribution in [-0.2, 0) is 24.3 Å². The number of rotatable bonds is 7. The predicted octanol–water partition coefficient (Wildman–Crippen LogP) is 3.10. The van der Waals surface area contributed by atoms with E-state index in [9.17, 15) is 9.18 Å².